The molecular formula is C25H35N5O. The van der Waals surface area contributed by atoms with E-state index in [1.165, 1.54) is 11.1 Å². The molecule has 1 atom stereocenters. The first kappa shape index (κ1) is 21.7. The summed E-state index contributed by atoms with van der Waals surface area (Å²) in [5.41, 5.74) is 8.72. The van der Waals surface area contributed by atoms with E-state index in [0.29, 0.717) is 12.6 Å². The number of para-hydroxylation sites is 1. The number of rotatable bonds is 8. The Morgan fingerprint density at radius 1 is 0.968 bits per heavy atom. The molecule has 1 saturated heterocycles. The molecule has 6 nitrogen and oxygen atoms in total. The fourth-order valence-electron chi connectivity index (χ4n) is 4.38. The molecule has 2 aliphatic heterocycles. The van der Waals surface area contributed by atoms with Crippen LogP contribution in [0.4, 0.5) is 0 Å². The van der Waals surface area contributed by atoms with Crippen LogP contribution in [0.3, 0.4) is 0 Å². The topological polar surface area (TPSA) is 66.1 Å². The molecule has 31 heavy (non-hydrogen) atoms. The van der Waals surface area contributed by atoms with Crippen molar-refractivity contribution in [3.05, 3.63) is 65.7 Å². The Balaban J connectivity index is 1.11. The summed E-state index contributed by atoms with van der Waals surface area (Å²) in [7, 11) is 0. The zero-order valence-electron chi connectivity index (χ0n) is 18.4. The highest BCUT2D eigenvalue weighted by Crippen LogP contribution is 2.31. The van der Waals surface area contributed by atoms with Crippen LogP contribution in [-0.4, -0.2) is 61.6 Å². The molecule has 6 heteroatoms. The maximum Gasteiger partial charge on any atom is 0.189 e. The van der Waals surface area contributed by atoms with E-state index in [-0.39, 0.29) is 6.04 Å². The van der Waals surface area contributed by atoms with Gasteiger partial charge in [-0.1, -0.05) is 48.5 Å². The second-order valence-corrected chi connectivity index (χ2v) is 8.45. The molecule has 166 valence electrons. The summed E-state index contributed by atoms with van der Waals surface area (Å²) in [5.74, 6) is 1.49. The molecule has 0 aliphatic carbocycles. The lowest BCUT2D eigenvalue weighted by Gasteiger charge is -2.34. The van der Waals surface area contributed by atoms with Crippen LogP contribution < -0.4 is 15.8 Å². The summed E-state index contributed by atoms with van der Waals surface area (Å²) in [4.78, 5) is 9.68. The minimum atomic E-state index is 0.181. The van der Waals surface area contributed by atoms with Gasteiger partial charge in [-0.15, -0.1) is 0 Å². The smallest absolute Gasteiger partial charge is 0.189 e. The Morgan fingerprint density at radius 3 is 2.55 bits per heavy atom. The summed E-state index contributed by atoms with van der Waals surface area (Å²) in [6.45, 7) is 8.31. The lowest BCUT2D eigenvalue weighted by Crippen LogP contribution is -2.46. The summed E-state index contributed by atoms with van der Waals surface area (Å²) in [6, 6.07) is 19.1. The average molecular weight is 422 g/mol. The van der Waals surface area contributed by atoms with Gasteiger partial charge in [0.25, 0.3) is 0 Å². The number of nitrogens with zero attached hydrogens (tertiary/aromatic N) is 3. The Labute approximate surface area is 186 Å². The number of piperazine rings is 1. The summed E-state index contributed by atoms with van der Waals surface area (Å²) in [5, 5.41) is 3.37. The van der Waals surface area contributed by atoms with Crippen LogP contribution in [0, 0.1) is 0 Å². The second kappa shape index (κ2) is 11.2. The number of ether oxygens (including phenoxy) is 1. The van der Waals surface area contributed by atoms with Crippen LogP contribution in [-0.2, 0) is 6.54 Å². The molecule has 0 saturated carbocycles. The summed E-state index contributed by atoms with van der Waals surface area (Å²) in [6.07, 6.45) is 3.13. The van der Waals surface area contributed by atoms with Gasteiger partial charge in [-0.25, -0.2) is 0 Å². The largest absolute Gasteiger partial charge is 0.493 e. The van der Waals surface area contributed by atoms with E-state index in [2.05, 4.69) is 56.5 Å². The van der Waals surface area contributed by atoms with Crippen molar-refractivity contribution in [2.45, 2.75) is 31.8 Å². The Hall–Kier alpha value is -2.57. The van der Waals surface area contributed by atoms with Crippen molar-refractivity contribution in [3.8, 4) is 5.75 Å². The highest BCUT2D eigenvalue weighted by Gasteiger charge is 2.21. The minimum absolute atomic E-state index is 0.181. The third-order valence-electron chi connectivity index (χ3n) is 6.16. The summed E-state index contributed by atoms with van der Waals surface area (Å²) >= 11 is 0. The van der Waals surface area contributed by atoms with Gasteiger partial charge in [0.15, 0.2) is 5.96 Å². The highest BCUT2D eigenvalue weighted by molar-refractivity contribution is 5.78. The lowest BCUT2D eigenvalue weighted by molar-refractivity contribution is 0.126. The number of aliphatic imine (C=N–C) groups is 1. The molecule has 3 N–H and O–H groups in total. The predicted octanol–water partition coefficient (Wildman–Crippen LogP) is 3.01. The Kier molecular flexibility index (Phi) is 7.80. The van der Waals surface area contributed by atoms with Crippen LogP contribution in [0.5, 0.6) is 5.75 Å². The number of nitrogens with two attached hydrogens (primary N) is 1. The maximum absolute atomic E-state index is 6.15. The van der Waals surface area contributed by atoms with E-state index >= 15 is 0 Å². The van der Waals surface area contributed by atoms with Crippen molar-refractivity contribution >= 4 is 5.96 Å². The van der Waals surface area contributed by atoms with Gasteiger partial charge >= 0.3 is 0 Å². The first-order valence-corrected chi connectivity index (χ1v) is 11.5. The van der Waals surface area contributed by atoms with Crippen LogP contribution in [0.15, 0.2) is 59.6 Å². The maximum atomic E-state index is 6.15. The standard InChI is InChI=1S/C25H35N5O/c26-25(28-23-12-19-31-24-11-5-4-10-22(23)24)27-13-6-7-14-29-15-17-30(18-16-29)20-21-8-2-1-3-9-21/h1-5,8-11,23H,6-7,12-20H2,(H3,26,27,28). The number of nitrogens with one attached hydrogen (secondary N) is 1. The third-order valence-corrected chi connectivity index (χ3v) is 6.16. The van der Waals surface area contributed by atoms with Gasteiger partial charge in [0, 0.05) is 51.3 Å². The fourth-order valence-corrected chi connectivity index (χ4v) is 4.38. The van der Waals surface area contributed by atoms with Gasteiger partial charge in [-0.3, -0.25) is 9.89 Å². The van der Waals surface area contributed by atoms with Crippen molar-refractivity contribution < 1.29 is 4.74 Å². The first-order chi connectivity index (χ1) is 15.3. The quantitative estimate of drug-likeness (QED) is 0.390. The molecule has 2 aliphatic rings. The zero-order chi connectivity index (χ0) is 21.3. The van der Waals surface area contributed by atoms with Gasteiger partial charge in [0.2, 0.25) is 0 Å². The fraction of sp³-hybridized carbons (Fsp3) is 0.480. The molecule has 2 aromatic rings. The van der Waals surface area contributed by atoms with E-state index in [1.54, 1.807) is 0 Å². The van der Waals surface area contributed by atoms with Gasteiger partial charge < -0.3 is 20.7 Å². The SMILES string of the molecule is NC(=NCCCCN1CCN(Cc2ccccc2)CC1)NC1CCOc2ccccc21. The molecule has 1 unspecified atom stereocenters. The first-order valence-electron chi connectivity index (χ1n) is 11.5. The van der Waals surface area contributed by atoms with Gasteiger partial charge in [-0.2, -0.15) is 0 Å². The molecule has 0 amide bonds. The molecule has 2 aromatic carbocycles. The minimum Gasteiger partial charge on any atom is -0.493 e. The predicted molar refractivity (Wildman–Crippen MR) is 126 cm³/mol. The molecule has 2 heterocycles. The Bertz CT molecular complexity index is 833. The zero-order valence-corrected chi connectivity index (χ0v) is 18.4. The molecule has 1 fully saturated rings. The van der Waals surface area contributed by atoms with E-state index in [0.717, 1.165) is 70.8 Å². The molecule has 0 radical (unpaired) electrons. The molecule has 4 rings (SSSR count). The van der Waals surface area contributed by atoms with Crippen LogP contribution in [0.1, 0.15) is 36.4 Å². The highest BCUT2D eigenvalue weighted by atomic mass is 16.5. The van der Waals surface area contributed by atoms with Crippen LogP contribution in [0.25, 0.3) is 0 Å². The number of hydrogen-bond donors (Lipinski definition) is 2. The van der Waals surface area contributed by atoms with Crippen molar-refractivity contribution in [2.24, 2.45) is 10.7 Å². The van der Waals surface area contributed by atoms with Gasteiger partial charge in [0.1, 0.15) is 5.75 Å². The van der Waals surface area contributed by atoms with Crippen molar-refractivity contribution in [1.82, 2.24) is 15.1 Å². The van der Waals surface area contributed by atoms with Crippen LogP contribution in [0.2, 0.25) is 0 Å². The molecule has 0 aromatic heterocycles. The van der Waals surface area contributed by atoms with Gasteiger partial charge in [0.05, 0.1) is 12.6 Å². The lowest BCUT2D eigenvalue weighted by atomic mass is 10.0. The van der Waals surface area contributed by atoms with Crippen molar-refractivity contribution in [3.63, 3.8) is 0 Å². The monoisotopic (exact) mass is 421 g/mol. The number of unbranched alkanes of at least 4 members (excludes halogenated alkanes) is 1. The molecule has 0 spiro atoms. The molecule has 0 bridgehead atoms. The number of hydrogen-bond acceptors (Lipinski definition) is 4. The van der Waals surface area contributed by atoms with Crippen LogP contribution >= 0.6 is 0 Å². The normalized spacial score (nSPS) is 20.1. The number of guanidine groups is 1. The van der Waals surface area contributed by atoms with Crippen molar-refractivity contribution in [1.29, 1.82) is 0 Å². The molecular weight excluding hydrogens is 386 g/mol. The Morgan fingerprint density at radius 2 is 1.71 bits per heavy atom. The van der Waals surface area contributed by atoms with E-state index in [4.69, 9.17) is 10.5 Å². The van der Waals surface area contributed by atoms with E-state index in [1.807, 2.05) is 18.2 Å². The third kappa shape index (κ3) is 6.45. The number of fused-ring (bicyclic) bond motifs is 1. The van der Waals surface area contributed by atoms with Crippen molar-refractivity contribution in [2.75, 3.05) is 45.9 Å². The summed E-state index contributed by atoms with van der Waals surface area (Å²) < 4.78 is 5.71. The van der Waals surface area contributed by atoms with E-state index < -0.39 is 0 Å². The van der Waals surface area contributed by atoms with Gasteiger partial charge in [-0.05, 0) is 31.0 Å². The van der Waals surface area contributed by atoms with E-state index in [9.17, 15) is 0 Å². The number of benzene rings is 2. The average Bonchev–Trinajstić information content (AvgIpc) is 2.81. The second-order valence-electron chi connectivity index (χ2n) is 8.45.